The monoisotopic (exact) mass is 289 g/mol. The summed E-state index contributed by atoms with van der Waals surface area (Å²) in [6, 6.07) is 5.50. The number of aliphatic hydroxyl groups is 1. The van der Waals surface area contributed by atoms with Crippen molar-refractivity contribution in [2.75, 3.05) is 19.0 Å². The number of anilines is 1. The number of nitrogens with zero attached hydrogens (tertiary/aromatic N) is 3. The van der Waals surface area contributed by atoms with Crippen LogP contribution in [0.25, 0.3) is 0 Å². The highest BCUT2D eigenvalue weighted by molar-refractivity contribution is 5.95. The first kappa shape index (κ1) is 15.0. The number of nitrogens with one attached hydrogen (secondary N) is 2. The number of aliphatic hydroxyl groups excluding tert-OH is 1. The minimum Gasteiger partial charge on any atom is -0.394 e. The third kappa shape index (κ3) is 3.79. The third-order valence-electron chi connectivity index (χ3n) is 3.10. The molecular formula is C14H19N5O2. The molecule has 0 bridgehead atoms. The maximum atomic E-state index is 11.6. The molecule has 1 aromatic carbocycles. The summed E-state index contributed by atoms with van der Waals surface area (Å²) in [4.78, 5) is 11.6. The van der Waals surface area contributed by atoms with Gasteiger partial charge in [0.25, 0.3) is 5.91 Å². The van der Waals surface area contributed by atoms with Crippen LogP contribution in [0, 0.1) is 6.92 Å². The summed E-state index contributed by atoms with van der Waals surface area (Å²) < 4.78 is 1.59. The molecule has 0 aliphatic rings. The van der Waals surface area contributed by atoms with Crippen molar-refractivity contribution in [3.8, 4) is 0 Å². The molecule has 112 valence electrons. The first-order chi connectivity index (χ1) is 10.1. The fourth-order valence-electron chi connectivity index (χ4n) is 1.92. The van der Waals surface area contributed by atoms with E-state index in [4.69, 9.17) is 5.11 Å². The number of benzene rings is 1. The minimum atomic E-state index is -0.119. The summed E-state index contributed by atoms with van der Waals surface area (Å²) in [7, 11) is 1.61. The Hall–Kier alpha value is -2.41. The third-order valence-corrected chi connectivity index (χ3v) is 3.10. The second-order valence-electron chi connectivity index (χ2n) is 4.66. The van der Waals surface area contributed by atoms with E-state index in [1.165, 1.54) is 0 Å². The van der Waals surface area contributed by atoms with Crippen molar-refractivity contribution < 1.29 is 9.90 Å². The molecule has 1 aromatic heterocycles. The molecule has 7 heteroatoms. The number of rotatable bonds is 6. The molecule has 0 radical (unpaired) electrons. The zero-order valence-electron chi connectivity index (χ0n) is 12.1. The van der Waals surface area contributed by atoms with Crippen molar-refractivity contribution in [2.45, 2.75) is 20.0 Å². The van der Waals surface area contributed by atoms with Crippen molar-refractivity contribution >= 4 is 11.6 Å². The van der Waals surface area contributed by atoms with Gasteiger partial charge in [-0.25, -0.2) is 4.68 Å². The smallest absolute Gasteiger partial charge is 0.251 e. The second-order valence-corrected chi connectivity index (χ2v) is 4.66. The largest absolute Gasteiger partial charge is 0.394 e. The zero-order chi connectivity index (χ0) is 15.2. The first-order valence-corrected chi connectivity index (χ1v) is 6.70. The predicted molar refractivity (Wildman–Crippen MR) is 79.0 cm³/mol. The standard InChI is InChI=1S/C14H19N5O2/c1-10-3-4-11(14(21)15-2)7-13(10)16-8-12-9-19(5-6-20)18-17-12/h3-4,7,9,16,20H,5-6,8H2,1-2H3,(H,15,21). The van der Waals surface area contributed by atoms with Crippen LogP contribution in [-0.2, 0) is 13.1 Å². The number of hydrogen-bond donors (Lipinski definition) is 3. The summed E-state index contributed by atoms with van der Waals surface area (Å²) in [5.74, 6) is -0.119. The van der Waals surface area contributed by atoms with Gasteiger partial charge in [0.2, 0.25) is 0 Å². The van der Waals surface area contributed by atoms with Crippen LogP contribution in [0.15, 0.2) is 24.4 Å². The molecule has 3 N–H and O–H groups in total. The highest BCUT2D eigenvalue weighted by Crippen LogP contribution is 2.17. The number of aromatic nitrogens is 3. The maximum absolute atomic E-state index is 11.6. The zero-order valence-corrected chi connectivity index (χ0v) is 12.1. The lowest BCUT2D eigenvalue weighted by Gasteiger charge is -2.10. The van der Waals surface area contributed by atoms with Crippen LogP contribution >= 0.6 is 0 Å². The molecule has 0 unspecified atom stereocenters. The van der Waals surface area contributed by atoms with E-state index in [1.54, 1.807) is 24.0 Å². The molecule has 2 rings (SSSR count). The van der Waals surface area contributed by atoms with Crippen LogP contribution in [0.4, 0.5) is 5.69 Å². The van der Waals surface area contributed by atoms with Gasteiger partial charge in [-0.3, -0.25) is 4.79 Å². The molecule has 0 saturated heterocycles. The summed E-state index contributed by atoms with van der Waals surface area (Å²) in [5.41, 5.74) is 3.31. The lowest BCUT2D eigenvalue weighted by Crippen LogP contribution is -2.18. The van der Waals surface area contributed by atoms with Gasteiger partial charge in [0.15, 0.2) is 0 Å². The highest BCUT2D eigenvalue weighted by Gasteiger charge is 2.07. The molecule has 0 atom stereocenters. The Balaban J connectivity index is 2.06. The van der Waals surface area contributed by atoms with Crippen LogP contribution in [0.1, 0.15) is 21.6 Å². The van der Waals surface area contributed by atoms with E-state index in [0.717, 1.165) is 16.9 Å². The molecule has 0 saturated carbocycles. The molecule has 0 aliphatic carbocycles. The quantitative estimate of drug-likeness (QED) is 0.722. The predicted octanol–water partition coefficient (Wildman–Crippen LogP) is 0.551. The normalized spacial score (nSPS) is 10.4. The SMILES string of the molecule is CNC(=O)c1ccc(C)c(NCc2cn(CCO)nn2)c1. The van der Waals surface area contributed by atoms with E-state index in [2.05, 4.69) is 20.9 Å². The van der Waals surface area contributed by atoms with Crippen molar-refractivity contribution in [2.24, 2.45) is 0 Å². The average molecular weight is 289 g/mol. The van der Waals surface area contributed by atoms with E-state index in [1.807, 2.05) is 19.1 Å². The summed E-state index contributed by atoms with van der Waals surface area (Å²) >= 11 is 0. The Kier molecular flexibility index (Phi) is 4.89. The maximum Gasteiger partial charge on any atom is 0.251 e. The van der Waals surface area contributed by atoms with Crippen molar-refractivity contribution in [1.29, 1.82) is 0 Å². The van der Waals surface area contributed by atoms with Gasteiger partial charge in [-0.15, -0.1) is 5.10 Å². The van der Waals surface area contributed by atoms with Crippen LogP contribution in [-0.4, -0.2) is 39.7 Å². The average Bonchev–Trinajstić information content (AvgIpc) is 2.93. The molecule has 1 amide bonds. The Morgan fingerprint density at radius 1 is 1.43 bits per heavy atom. The Morgan fingerprint density at radius 3 is 2.95 bits per heavy atom. The lowest BCUT2D eigenvalue weighted by atomic mass is 10.1. The van der Waals surface area contributed by atoms with Gasteiger partial charge in [0.1, 0.15) is 5.69 Å². The van der Waals surface area contributed by atoms with Gasteiger partial charge < -0.3 is 15.7 Å². The van der Waals surface area contributed by atoms with Gasteiger partial charge in [-0.1, -0.05) is 11.3 Å². The lowest BCUT2D eigenvalue weighted by molar-refractivity contribution is 0.0963. The molecule has 21 heavy (non-hydrogen) atoms. The molecular weight excluding hydrogens is 270 g/mol. The molecule has 1 heterocycles. The summed E-state index contributed by atoms with van der Waals surface area (Å²) in [6.07, 6.45) is 1.78. The molecule has 7 nitrogen and oxygen atoms in total. The van der Waals surface area contributed by atoms with Crippen LogP contribution in [0.5, 0.6) is 0 Å². The van der Waals surface area contributed by atoms with Gasteiger partial charge >= 0.3 is 0 Å². The van der Waals surface area contributed by atoms with Crippen molar-refractivity contribution in [3.63, 3.8) is 0 Å². The van der Waals surface area contributed by atoms with E-state index < -0.39 is 0 Å². The summed E-state index contributed by atoms with van der Waals surface area (Å²) in [5, 5.41) is 22.6. The van der Waals surface area contributed by atoms with Gasteiger partial charge in [0.05, 0.1) is 25.9 Å². The fraction of sp³-hybridized carbons (Fsp3) is 0.357. The van der Waals surface area contributed by atoms with E-state index in [-0.39, 0.29) is 12.5 Å². The Bertz CT molecular complexity index is 624. The first-order valence-electron chi connectivity index (χ1n) is 6.70. The number of carbonyl (C=O) groups excluding carboxylic acids is 1. The fourth-order valence-corrected chi connectivity index (χ4v) is 1.92. The van der Waals surface area contributed by atoms with Gasteiger partial charge in [-0.2, -0.15) is 0 Å². The number of hydrogen-bond acceptors (Lipinski definition) is 5. The summed E-state index contributed by atoms with van der Waals surface area (Å²) in [6.45, 7) is 2.93. The van der Waals surface area contributed by atoms with Crippen molar-refractivity contribution in [3.05, 3.63) is 41.2 Å². The number of amides is 1. The van der Waals surface area contributed by atoms with E-state index in [9.17, 15) is 4.79 Å². The Morgan fingerprint density at radius 2 is 2.24 bits per heavy atom. The second kappa shape index (κ2) is 6.85. The van der Waals surface area contributed by atoms with Crippen LogP contribution in [0.2, 0.25) is 0 Å². The van der Waals surface area contributed by atoms with Crippen molar-refractivity contribution in [1.82, 2.24) is 20.3 Å². The molecule has 0 aliphatic heterocycles. The highest BCUT2D eigenvalue weighted by atomic mass is 16.3. The number of carbonyl (C=O) groups is 1. The van der Waals surface area contributed by atoms with Crippen LogP contribution in [0.3, 0.4) is 0 Å². The van der Waals surface area contributed by atoms with Gasteiger partial charge in [-0.05, 0) is 24.6 Å². The Labute approximate surface area is 123 Å². The van der Waals surface area contributed by atoms with Gasteiger partial charge in [0, 0.05) is 18.3 Å². The topological polar surface area (TPSA) is 92.1 Å². The minimum absolute atomic E-state index is 0.0313. The molecule has 0 fully saturated rings. The van der Waals surface area contributed by atoms with E-state index in [0.29, 0.717) is 18.7 Å². The molecule has 0 spiro atoms. The number of aryl methyl sites for hydroxylation is 1. The molecule has 2 aromatic rings. The van der Waals surface area contributed by atoms with Crippen LogP contribution < -0.4 is 10.6 Å². The van der Waals surface area contributed by atoms with E-state index >= 15 is 0 Å².